The van der Waals surface area contributed by atoms with Crippen molar-refractivity contribution in [1.82, 2.24) is 19.6 Å². The van der Waals surface area contributed by atoms with Gasteiger partial charge in [0, 0.05) is 29.4 Å². The van der Waals surface area contributed by atoms with Crippen LogP contribution >= 0.6 is 11.6 Å². The van der Waals surface area contributed by atoms with Gasteiger partial charge in [-0.2, -0.15) is 5.10 Å². The minimum Gasteiger partial charge on any atom is -0.459 e. The molecular formula is C37H49ClN4O4. The molecule has 9 heteroatoms. The van der Waals surface area contributed by atoms with E-state index in [1.807, 2.05) is 58.6 Å². The molecule has 2 aliphatic heterocycles. The second-order valence-corrected chi connectivity index (χ2v) is 15.2. The molecule has 1 amide bonds. The second kappa shape index (κ2) is 14.2. The molecule has 0 radical (unpaired) electrons. The summed E-state index contributed by atoms with van der Waals surface area (Å²) in [7, 11) is 0. The van der Waals surface area contributed by atoms with Crippen molar-refractivity contribution in [3.63, 3.8) is 0 Å². The number of ether oxygens (including phenoxy) is 2. The van der Waals surface area contributed by atoms with Crippen molar-refractivity contribution in [2.45, 2.75) is 90.9 Å². The number of fused-ring (bicyclic) bond motifs is 1. The number of esters is 1. The quantitative estimate of drug-likeness (QED) is 0.242. The number of benzene rings is 2. The van der Waals surface area contributed by atoms with E-state index in [-0.39, 0.29) is 12.1 Å². The molecule has 0 atom stereocenters. The first-order valence-corrected chi connectivity index (χ1v) is 17.0. The lowest BCUT2D eigenvalue weighted by Crippen LogP contribution is -2.41. The summed E-state index contributed by atoms with van der Waals surface area (Å²) < 4.78 is 13.2. The molecule has 0 unspecified atom stereocenters. The molecule has 3 heterocycles. The van der Waals surface area contributed by atoms with E-state index < -0.39 is 11.2 Å². The fraction of sp³-hybridized carbons (Fsp3) is 0.541. The molecular weight excluding hydrogens is 600 g/mol. The smallest absolute Gasteiger partial charge is 0.410 e. The average molecular weight is 649 g/mol. The molecule has 248 valence electrons. The number of hydrogen-bond donors (Lipinski definition) is 0. The zero-order valence-corrected chi connectivity index (χ0v) is 29.0. The largest absolute Gasteiger partial charge is 0.459 e. The summed E-state index contributed by atoms with van der Waals surface area (Å²) in [5.74, 6) is 0.563. The minimum absolute atomic E-state index is 0.169. The van der Waals surface area contributed by atoms with Crippen LogP contribution in [0.15, 0.2) is 48.5 Å². The highest BCUT2D eigenvalue weighted by molar-refractivity contribution is 6.30. The number of likely N-dealkylation sites (tertiary alicyclic amines) is 2. The van der Waals surface area contributed by atoms with Gasteiger partial charge < -0.3 is 14.4 Å². The fourth-order valence-electron chi connectivity index (χ4n) is 6.27. The minimum atomic E-state index is -0.481. The summed E-state index contributed by atoms with van der Waals surface area (Å²) in [5, 5.41) is 7.11. The van der Waals surface area contributed by atoms with Crippen LogP contribution in [-0.4, -0.2) is 75.6 Å². The Morgan fingerprint density at radius 3 is 2.17 bits per heavy atom. The Morgan fingerprint density at radius 2 is 1.54 bits per heavy atom. The van der Waals surface area contributed by atoms with Crippen molar-refractivity contribution >= 4 is 40.6 Å². The normalized spacial score (nSPS) is 17.6. The molecule has 2 aliphatic rings. The van der Waals surface area contributed by atoms with E-state index in [0.717, 1.165) is 66.1 Å². The van der Waals surface area contributed by atoms with Gasteiger partial charge in [0.1, 0.15) is 11.2 Å². The van der Waals surface area contributed by atoms with Crippen LogP contribution in [0.1, 0.15) is 90.0 Å². The molecule has 2 fully saturated rings. The van der Waals surface area contributed by atoms with Crippen LogP contribution in [0.4, 0.5) is 4.79 Å². The number of carbonyl (C=O) groups is 2. The van der Waals surface area contributed by atoms with Gasteiger partial charge in [-0.3, -0.25) is 14.4 Å². The molecule has 0 aliphatic carbocycles. The molecule has 0 saturated carbocycles. The molecule has 5 rings (SSSR count). The molecule has 0 spiro atoms. The lowest BCUT2D eigenvalue weighted by Gasteiger charge is -2.32. The first-order valence-electron chi connectivity index (χ1n) is 16.6. The van der Waals surface area contributed by atoms with Crippen LogP contribution in [0.2, 0.25) is 5.02 Å². The van der Waals surface area contributed by atoms with Crippen molar-refractivity contribution < 1.29 is 19.1 Å². The molecule has 46 heavy (non-hydrogen) atoms. The number of rotatable bonds is 7. The van der Waals surface area contributed by atoms with E-state index in [9.17, 15) is 9.59 Å². The Hall–Kier alpha value is -3.36. The van der Waals surface area contributed by atoms with E-state index in [2.05, 4.69) is 52.1 Å². The highest BCUT2D eigenvalue weighted by Crippen LogP contribution is 2.34. The molecule has 8 nitrogen and oxygen atoms in total. The zero-order chi connectivity index (χ0) is 33.1. The van der Waals surface area contributed by atoms with Gasteiger partial charge in [-0.25, -0.2) is 4.79 Å². The Bertz CT molecular complexity index is 1530. The summed E-state index contributed by atoms with van der Waals surface area (Å²) in [6, 6.07) is 14.6. The van der Waals surface area contributed by atoms with Crippen molar-refractivity contribution in [2.24, 2.45) is 5.92 Å². The summed E-state index contributed by atoms with van der Waals surface area (Å²) in [6.45, 7) is 15.5. The molecule has 0 N–H and O–H groups in total. The molecule has 3 aromatic rings. The Balaban J connectivity index is 1.30. The maximum Gasteiger partial charge on any atom is 0.410 e. The third-order valence-corrected chi connectivity index (χ3v) is 8.80. The van der Waals surface area contributed by atoms with E-state index in [0.29, 0.717) is 38.0 Å². The maximum atomic E-state index is 12.5. The number of piperidine rings is 2. The first-order chi connectivity index (χ1) is 21.7. The predicted molar refractivity (Wildman–Crippen MR) is 184 cm³/mol. The van der Waals surface area contributed by atoms with Gasteiger partial charge in [-0.15, -0.1) is 0 Å². The lowest BCUT2D eigenvalue weighted by atomic mass is 9.91. The number of hydrogen-bond acceptors (Lipinski definition) is 6. The lowest BCUT2D eigenvalue weighted by molar-refractivity contribution is -0.156. The first kappa shape index (κ1) is 34.0. The van der Waals surface area contributed by atoms with Crippen LogP contribution in [0.25, 0.3) is 17.0 Å². The third-order valence-electron chi connectivity index (χ3n) is 8.55. The number of nitrogens with zero attached hydrogens (tertiary/aromatic N) is 4. The van der Waals surface area contributed by atoms with Gasteiger partial charge in [0.05, 0.1) is 24.3 Å². The van der Waals surface area contributed by atoms with Crippen LogP contribution < -0.4 is 0 Å². The van der Waals surface area contributed by atoms with Gasteiger partial charge >= 0.3 is 12.1 Å². The second-order valence-electron chi connectivity index (χ2n) is 14.7. The number of amides is 1. The van der Waals surface area contributed by atoms with E-state index in [1.165, 1.54) is 5.39 Å². The van der Waals surface area contributed by atoms with Crippen molar-refractivity contribution in [1.29, 1.82) is 0 Å². The Kier molecular flexibility index (Phi) is 10.5. The van der Waals surface area contributed by atoms with E-state index in [1.54, 1.807) is 0 Å². The molecule has 0 bridgehead atoms. The monoisotopic (exact) mass is 648 g/mol. The van der Waals surface area contributed by atoms with E-state index >= 15 is 0 Å². The van der Waals surface area contributed by atoms with Gasteiger partial charge in [0.25, 0.3) is 0 Å². The predicted octanol–water partition coefficient (Wildman–Crippen LogP) is 7.92. The number of allylic oxidation sites excluding steroid dienone is 1. The molecule has 2 saturated heterocycles. The van der Waals surface area contributed by atoms with Crippen LogP contribution in [0.5, 0.6) is 0 Å². The number of aromatic nitrogens is 2. The third kappa shape index (κ3) is 9.35. The van der Waals surface area contributed by atoms with Gasteiger partial charge in [0.15, 0.2) is 0 Å². The highest BCUT2D eigenvalue weighted by Gasteiger charge is 2.28. The standard InChI is InChI=1S/C37H49ClN4O4/c1-36(2,3)45-33(43)25-40-19-17-29(18-20-40)34-31-14-11-27(23-32(31)42(39-34)24-28-9-12-30(38)13-10-28)8-7-26-15-21-41(22-16-26)35(44)46-37(4,5)6/h7-14,23,26,29H,15-22,24-25H2,1-6H3. The van der Waals surface area contributed by atoms with Crippen LogP contribution in [0.3, 0.4) is 0 Å². The zero-order valence-electron chi connectivity index (χ0n) is 28.2. The summed E-state index contributed by atoms with van der Waals surface area (Å²) in [6.07, 6.45) is 8.00. The van der Waals surface area contributed by atoms with Gasteiger partial charge in [-0.05, 0) is 116 Å². The van der Waals surface area contributed by atoms with Gasteiger partial charge in [0.2, 0.25) is 0 Å². The SMILES string of the molecule is CC(C)(C)OC(=O)CN1CCC(c2nn(Cc3ccc(Cl)cc3)c3cc(C=CC4CCN(C(=O)OC(C)(C)C)CC4)ccc23)CC1. The molecule has 2 aromatic carbocycles. The summed E-state index contributed by atoms with van der Waals surface area (Å²) in [5.41, 5.74) is 3.57. The number of carbonyl (C=O) groups excluding carboxylic acids is 2. The van der Waals surface area contributed by atoms with Gasteiger partial charge in [-0.1, -0.05) is 48.0 Å². The van der Waals surface area contributed by atoms with Crippen molar-refractivity contribution in [3.8, 4) is 0 Å². The Labute approximate surface area is 278 Å². The maximum absolute atomic E-state index is 12.5. The summed E-state index contributed by atoms with van der Waals surface area (Å²) >= 11 is 6.17. The topological polar surface area (TPSA) is 76.9 Å². The van der Waals surface area contributed by atoms with Crippen LogP contribution in [0, 0.1) is 5.92 Å². The highest BCUT2D eigenvalue weighted by atomic mass is 35.5. The number of halogens is 1. The van der Waals surface area contributed by atoms with E-state index in [4.69, 9.17) is 26.2 Å². The Morgan fingerprint density at radius 1 is 0.891 bits per heavy atom. The van der Waals surface area contributed by atoms with Crippen molar-refractivity contribution in [2.75, 3.05) is 32.7 Å². The summed E-state index contributed by atoms with van der Waals surface area (Å²) in [4.78, 5) is 28.9. The van der Waals surface area contributed by atoms with Crippen LogP contribution in [-0.2, 0) is 20.8 Å². The van der Waals surface area contributed by atoms with Crippen molar-refractivity contribution in [3.05, 3.63) is 70.4 Å². The molecule has 1 aromatic heterocycles. The fourth-order valence-corrected chi connectivity index (χ4v) is 6.40. The average Bonchev–Trinajstić information content (AvgIpc) is 3.33.